The summed E-state index contributed by atoms with van der Waals surface area (Å²) in [5, 5.41) is 17.8. The second-order valence-corrected chi connectivity index (χ2v) is 4.83. The molecule has 1 aromatic heterocycles. The Kier molecular flexibility index (Phi) is 5.08. The van der Waals surface area contributed by atoms with E-state index in [1.165, 1.54) is 22.9 Å². The van der Waals surface area contributed by atoms with Gasteiger partial charge < -0.3 is 9.84 Å². The van der Waals surface area contributed by atoms with Gasteiger partial charge in [0.2, 0.25) is 0 Å². The van der Waals surface area contributed by atoms with Gasteiger partial charge in [-0.1, -0.05) is 23.7 Å². The van der Waals surface area contributed by atoms with Gasteiger partial charge in [0.05, 0.1) is 18.8 Å². The maximum Gasteiger partial charge on any atom is 0.387 e. The third kappa shape index (κ3) is 4.12. The molecule has 0 saturated carbocycles. The van der Waals surface area contributed by atoms with E-state index in [2.05, 4.69) is 15.0 Å². The molecule has 0 amide bonds. The lowest BCUT2D eigenvalue weighted by molar-refractivity contribution is -0.0505. The van der Waals surface area contributed by atoms with Crippen LogP contribution in [-0.2, 0) is 6.54 Å². The molecule has 0 aliphatic carbocycles. The molecule has 1 N–H and O–H groups in total. The molecule has 0 fully saturated rings. The van der Waals surface area contributed by atoms with Gasteiger partial charge >= 0.3 is 6.61 Å². The number of nitrogens with zero attached hydrogens (tertiary/aromatic N) is 3. The average molecular weight is 318 g/mol. The lowest BCUT2D eigenvalue weighted by Crippen LogP contribution is -2.07. The van der Waals surface area contributed by atoms with E-state index in [1.807, 2.05) is 6.92 Å². The van der Waals surface area contributed by atoms with Gasteiger partial charge in [0, 0.05) is 10.6 Å². The van der Waals surface area contributed by atoms with Crippen LogP contribution in [0.1, 0.15) is 30.7 Å². The summed E-state index contributed by atoms with van der Waals surface area (Å²) in [6, 6.07) is 4.37. The summed E-state index contributed by atoms with van der Waals surface area (Å²) in [5.74, 6) is 0.0301. The number of hydrogen-bond donors (Lipinski definition) is 1. The minimum Gasteiger partial charge on any atom is -0.434 e. The highest BCUT2D eigenvalue weighted by molar-refractivity contribution is 6.30. The van der Waals surface area contributed by atoms with Gasteiger partial charge in [-0.05, 0) is 24.6 Å². The fraction of sp³-hybridized carbons (Fsp3) is 0.385. The Morgan fingerprint density at radius 1 is 1.43 bits per heavy atom. The van der Waals surface area contributed by atoms with Crippen LogP contribution in [-0.4, -0.2) is 26.7 Å². The quantitative estimate of drug-likeness (QED) is 0.889. The van der Waals surface area contributed by atoms with Crippen LogP contribution in [0.5, 0.6) is 5.75 Å². The minimum atomic E-state index is -2.92. The highest BCUT2D eigenvalue weighted by Crippen LogP contribution is 2.25. The number of aliphatic hydroxyl groups excluding tert-OH is 1. The van der Waals surface area contributed by atoms with Gasteiger partial charge in [0.1, 0.15) is 11.4 Å². The molecule has 1 unspecified atom stereocenters. The highest BCUT2D eigenvalue weighted by atomic mass is 35.5. The van der Waals surface area contributed by atoms with Crippen LogP contribution in [0.25, 0.3) is 0 Å². The monoisotopic (exact) mass is 317 g/mol. The van der Waals surface area contributed by atoms with Crippen molar-refractivity contribution in [2.75, 3.05) is 0 Å². The van der Waals surface area contributed by atoms with Crippen molar-refractivity contribution >= 4 is 11.6 Å². The average Bonchev–Trinajstić information content (AvgIpc) is 2.89. The number of alkyl halides is 2. The van der Waals surface area contributed by atoms with Gasteiger partial charge in [0.25, 0.3) is 0 Å². The number of ether oxygens (including phenoxy) is 1. The lowest BCUT2D eigenvalue weighted by Gasteiger charge is -2.11. The summed E-state index contributed by atoms with van der Waals surface area (Å²) in [7, 11) is 0. The SMILES string of the molecule is CCC(O)c1cn(Cc2cc(Cl)ccc2OC(F)F)nn1. The maximum atomic E-state index is 12.4. The van der Waals surface area contributed by atoms with E-state index in [0.29, 0.717) is 22.7 Å². The summed E-state index contributed by atoms with van der Waals surface area (Å²) in [6.07, 6.45) is 1.37. The molecule has 1 aromatic carbocycles. The summed E-state index contributed by atoms with van der Waals surface area (Å²) >= 11 is 5.87. The van der Waals surface area contributed by atoms with Crippen molar-refractivity contribution in [3.8, 4) is 5.75 Å². The molecule has 114 valence electrons. The van der Waals surface area contributed by atoms with Gasteiger partial charge in [0.15, 0.2) is 0 Å². The van der Waals surface area contributed by atoms with Crippen LogP contribution in [0.3, 0.4) is 0 Å². The third-order valence-corrected chi connectivity index (χ3v) is 3.09. The van der Waals surface area contributed by atoms with E-state index >= 15 is 0 Å². The standard InChI is InChI=1S/C13H14ClF2N3O2/c1-2-11(20)10-7-19(18-17-10)6-8-5-9(14)3-4-12(8)21-13(15)16/h3-5,7,11,13,20H,2,6H2,1H3. The fourth-order valence-electron chi connectivity index (χ4n) is 1.81. The Morgan fingerprint density at radius 2 is 2.19 bits per heavy atom. The molecule has 0 radical (unpaired) electrons. The summed E-state index contributed by atoms with van der Waals surface area (Å²) in [6.45, 7) is -0.945. The molecule has 5 nitrogen and oxygen atoms in total. The fourth-order valence-corrected chi connectivity index (χ4v) is 2.00. The molecule has 8 heteroatoms. The first-order valence-corrected chi connectivity index (χ1v) is 6.68. The molecule has 2 aromatic rings. The molecule has 2 rings (SSSR count). The van der Waals surface area contributed by atoms with Gasteiger partial charge in [-0.3, -0.25) is 0 Å². The number of benzene rings is 1. The molecule has 0 bridgehead atoms. The number of rotatable bonds is 6. The largest absolute Gasteiger partial charge is 0.434 e. The highest BCUT2D eigenvalue weighted by Gasteiger charge is 2.13. The first-order valence-electron chi connectivity index (χ1n) is 6.31. The van der Waals surface area contributed by atoms with Crippen molar-refractivity contribution in [2.24, 2.45) is 0 Å². The van der Waals surface area contributed by atoms with Crippen LogP contribution in [0.2, 0.25) is 5.02 Å². The number of halogens is 3. The van der Waals surface area contributed by atoms with Crippen molar-refractivity contribution < 1.29 is 18.6 Å². The maximum absolute atomic E-state index is 12.4. The Hall–Kier alpha value is -1.73. The molecule has 1 atom stereocenters. The number of aliphatic hydroxyl groups is 1. The van der Waals surface area contributed by atoms with Crippen molar-refractivity contribution in [3.63, 3.8) is 0 Å². The van der Waals surface area contributed by atoms with Crippen molar-refractivity contribution in [2.45, 2.75) is 32.6 Å². The third-order valence-electron chi connectivity index (χ3n) is 2.86. The lowest BCUT2D eigenvalue weighted by atomic mass is 10.2. The minimum absolute atomic E-state index is 0.0301. The molecule has 0 aliphatic heterocycles. The van der Waals surface area contributed by atoms with E-state index in [1.54, 1.807) is 6.20 Å². The van der Waals surface area contributed by atoms with E-state index in [4.69, 9.17) is 11.6 Å². The van der Waals surface area contributed by atoms with Gasteiger partial charge in [-0.2, -0.15) is 8.78 Å². The Balaban J connectivity index is 2.22. The number of hydrogen-bond acceptors (Lipinski definition) is 4. The summed E-state index contributed by atoms with van der Waals surface area (Å²) in [4.78, 5) is 0. The zero-order valence-corrected chi connectivity index (χ0v) is 12.0. The Labute approximate surface area is 125 Å². The second-order valence-electron chi connectivity index (χ2n) is 4.40. The first-order chi connectivity index (χ1) is 9.99. The van der Waals surface area contributed by atoms with Crippen molar-refractivity contribution in [1.29, 1.82) is 0 Å². The Bertz CT molecular complexity index is 607. The normalized spacial score (nSPS) is 12.7. The van der Waals surface area contributed by atoms with Crippen LogP contribution in [0.4, 0.5) is 8.78 Å². The molecule has 1 heterocycles. The molecule has 0 spiro atoms. The predicted octanol–water partition coefficient (Wildman–Crippen LogP) is 3.02. The summed E-state index contributed by atoms with van der Waals surface area (Å²) < 4.78 is 30.6. The van der Waals surface area contributed by atoms with Gasteiger partial charge in [-0.15, -0.1) is 5.10 Å². The molecular formula is C13H14ClF2N3O2. The molecule has 0 aliphatic rings. The first kappa shape index (κ1) is 15.7. The van der Waals surface area contributed by atoms with Crippen LogP contribution < -0.4 is 4.74 Å². The Morgan fingerprint density at radius 3 is 2.86 bits per heavy atom. The van der Waals surface area contributed by atoms with Crippen molar-refractivity contribution in [3.05, 3.63) is 40.7 Å². The van der Waals surface area contributed by atoms with E-state index < -0.39 is 12.7 Å². The molecule has 0 saturated heterocycles. The van der Waals surface area contributed by atoms with E-state index in [9.17, 15) is 13.9 Å². The smallest absolute Gasteiger partial charge is 0.387 e. The number of aromatic nitrogens is 3. The van der Waals surface area contributed by atoms with Crippen LogP contribution in [0.15, 0.2) is 24.4 Å². The zero-order valence-electron chi connectivity index (χ0n) is 11.2. The second kappa shape index (κ2) is 6.82. The predicted molar refractivity (Wildman–Crippen MR) is 72.5 cm³/mol. The van der Waals surface area contributed by atoms with Gasteiger partial charge in [-0.25, -0.2) is 4.68 Å². The van der Waals surface area contributed by atoms with Crippen LogP contribution >= 0.6 is 11.6 Å². The van der Waals surface area contributed by atoms with E-state index in [0.717, 1.165) is 0 Å². The molecular weight excluding hydrogens is 304 g/mol. The topological polar surface area (TPSA) is 60.2 Å². The zero-order chi connectivity index (χ0) is 15.4. The van der Waals surface area contributed by atoms with Crippen LogP contribution in [0, 0.1) is 0 Å². The summed E-state index contributed by atoms with van der Waals surface area (Å²) in [5.41, 5.74) is 0.876. The molecule has 21 heavy (non-hydrogen) atoms. The van der Waals surface area contributed by atoms with Crippen molar-refractivity contribution in [1.82, 2.24) is 15.0 Å². The van der Waals surface area contributed by atoms with E-state index in [-0.39, 0.29) is 12.3 Å².